The number of aliphatic hydroxyl groups excluding tert-OH is 1. The maximum absolute atomic E-state index is 9.25. The van der Waals surface area contributed by atoms with Crippen LogP contribution < -0.4 is 4.90 Å². The minimum Gasteiger partial charge on any atom is -0.394 e. The summed E-state index contributed by atoms with van der Waals surface area (Å²) < 4.78 is 5.64. The second-order valence-electron chi connectivity index (χ2n) is 4.59. The van der Waals surface area contributed by atoms with Crippen LogP contribution in [0.15, 0.2) is 18.6 Å². The third-order valence-electron chi connectivity index (χ3n) is 3.15. The molecule has 1 saturated heterocycles. The van der Waals surface area contributed by atoms with Crippen molar-refractivity contribution >= 4 is 16.9 Å². The number of aliphatic hydroxyl groups is 1. The number of H-pyrrole nitrogens is 1. The first-order valence-corrected chi connectivity index (χ1v) is 6.07. The van der Waals surface area contributed by atoms with Gasteiger partial charge < -0.3 is 19.7 Å². The third-order valence-corrected chi connectivity index (χ3v) is 3.15. The molecule has 0 radical (unpaired) electrons. The Bertz CT molecular complexity index is 542. The maximum Gasteiger partial charge on any atom is 0.156 e. The molecule has 0 unspecified atom stereocenters. The zero-order valence-electron chi connectivity index (χ0n) is 10.2. The van der Waals surface area contributed by atoms with Crippen LogP contribution in [-0.4, -0.2) is 52.0 Å². The molecule has 3 rings (SSSR count). The lowest BCUT2D eigenvalue weighted by atomic mass is 10.2. The first-order valence-electron chi connectivity index (χ1n) is 6.07. The molecule has 2 aromatic heterocycles. The quantitative estimate of drug-likeness (QED) is 0.811. The molecule has 0 aromatic carbocycles. The van der Waals surface area contributed by atoms with E-state index in [4.69, 9.17) is 4.74 Å². The highest BCUT2D eigenvalue weighted by Crippen LogP contribution is 2.24. The molecule has 2 N–H and O–H groups in total. The summed E-state index contributed by atoms with van der Waals surface area (Å²) in [6.45, 7) is 3.44. The van der Waals surface area contributed by atoms with E-state index in [-0.39, 0.29) is 18.8 Å². The number of anilines is 1. The fraction of sp³-hybridized carbons (Fsp3) is 0.500. The van der Waals surface area contributed by atoms with E-state index in [9.17, 15) is 5.11 Å². The number of fused-ring (bicyclic) bond motifs is 1. The van der Waals surface area contributed by atoms with Crippen LogP contribution >= 0.6 is 0 Å². The lowest BCUT2D eigenvalue weighted by Gasteiger charge is -2.36. The number of morpholine rings is 1. The fourth-order valence-corrected chi connectivity index (χ4v) is 2.42. The maximum atomic E-state index is 9.25. The largest absolute Gasteiger partial charge is 0.394 e. The predicted octanol–water partition coefficient (Wildman–Crippen LogP) is 0.544. The highest BCUT2D eigenvalue weighted by Gasteiger charge is 2.26. The average molecular weight is 248 g/mol. The van der Waals surface area contributed by atoms with Crippen LogP contribution in [0.1, 0.15) is 6.92 Å². The van der Waals surface area contributed by atoms with E-state index in [1.165, 1.54) is 0 Å². The number of aromatic nitrogens is 3. The Morgan fingerprint density at radius 3 is 3.22 bits per heavy atom. The summed E-state index contributed by atoms with van der Waals surface area (Å²) in [5, 5.41) is 9.25. The summed E-state index contributed by atoms with van der Waals surface area (Å²) in [5.41, 5.74) is 1.84. The zero-order valence-corrected chi connectivity index (χ0v) is 10.2. The topological polar surface area (TPSA) is 74.3 Å². The van der Waals surface area contributed by atoms with Crippen molar-refractivity contribution in [1.82, 2.24) is 15.0 Å². The Balaban J connectivity index is 1.96. The molecular weight excluding hydrogens is 232 g/mol. The van der Waals surface area contributed by atoms with Gasteiger partial charge >= 0.3 is 0 Å². The summed E-state index contributed by atoms with van der Waals surface area (Å²) >= 11 is 0. The normalized spacial score (nSPS) is 24.7. The number of nitrogens with one attached hydrogen (secondary N) is 1. The van der Waals surface area contributed by atoms with Gasteiger partial charge in [0.2, 0.25) is 0 Å². The summed E-state index contributed by atoms with van der Waals surface area (Å²) in [5.74, 6) is 0.874. The SMILES string of the molecule is C[C@H]1CN(c2ncnc3cc[nH]c23)C[C@@H](CO)O1. The third kappa shape index (κ3) is 1.93. The molecule has 0 bridgehead atoms. The molecule has 6 nitrogen and oxygen atoms in total. The molecule has 18 heavy (non-hydrogen) atoms. The van der Waals surface area contributed by atoms with Crippen molar-refractivity contribution in [3.05, 3.63) is 18.6 Å². The molecule has 6 heteroatoms. The highest BCUT2D eigenvalue weighted by molar-refractivity contribution is 5.85. The van der Waals surface area contributed by atoms with E-state index in [1.54, 1.807) is 6.33 Å². The van der Waals surface area contributed by atoms with E-state index in [0.29, 0.717) is 6.54 Å². The Labute approximate surface area is 105 Å². The van der Waals surface area contributed by atoms with Gasteiger partial charge in [0.1, 0.15) is 11.8 Å². The molecule has 1 fully saturated rings. The van der Waals surface area contributed by atoms with E-state index < -0.39 is 0 Å². The number of rotatable bonds is 2. The van der Waals surface area contributed by atoms with Crippen LogP contribution in [0.3, 0.4) is 0 Å². The van der Waals surface area contributed by atoms with E-state index in [0.717, 1.165) is 23.4 Å². The smallest absolute Gasteiger partial charge is 0.156 e. The van der Waals surface area contributed by atoms with Gasteiger partial charge in [-0.2, -0.15) is 0 Å². The molecule has 0 saturated carbocycles. The zero-order chi connectivity index (χ0) is 12.5. The molecule has 0 amide bonds. The molecule has 1 aliphatic rings. The summed E-state index contributed by atoms with van der Waals surface area (Å²) in [4.78, 5) is 13.9. The number of ether oxygens (including phenoxy) is 1. The monoisotopic (exact) mass is 248 g/mol. The van der Waals surface area contributed by atoms with Gasteiger partial charge in [-0.25, -0.2) is 9.97 Å². The van der Waals surface area contributed by atoms with E-state index in [2.05, 4.69) is 19.9 Å². The minimum absolute atomic E-state index is 0.0276. The molecule has 3 heterocycles. The summed E-state index contributed by atoms with van der Waals surface area (Å²) in [6, 6.07) is 1.92. The van der Waals surface area contributed by atoms with Gasteiger partial charge in [0.15, 0.2) is 5.82 Å². The second kappa shape index (κ2) is 4.55. The van der Waals surface area contributed by atoms with Crippen LogP contribution in [-0.2, 0) is 4.74 Å². The fourth-order valence-electron chi connectivity index (χ4n) is 2.42. The van der Waals surface area contributed by atoms with Crippen molar-refractivity contribution in [2.24, 2.45) is 0 Å². The second-order valence-corrected chi connectivity index (χ2v) is 4.59. The molecule has 1 aliphatic heterocycles. The van der Waals surface area contributed by atoms with Crippen molar-refractivity contribution in [1.29, 1.82) is 0 Å². The highest BCUT2D eigenvalue weighted by atomic mass is 16.5. The van der Waals surface area contributed by atoms with Crippen LogP contribution in [0.5, 0.6) is 0 Å². The first-order chi connectivity index (χ1) is 8.78. The van der Waals surface area contributed by atoms with E-state index in [1.807, 2.05) is 19.2 Å². The van der Waals surface area contributed by atoms with Crippen LogP contribution in [0.25, 0.3) is 11.0 Å². The van der Waals surface area contributed by atoms with Gasteiger partial charge in [-0.3, -0.25) is 0 Å². The Kier molecular flexibility index (Phi) is 2.89. The lowest BCUT2D eigenvalue weighted by molar-refractivity contribution is -0.0422. The lowest BCUT2D eigenvalue weighted by Crippen LogP contribution is -2.48. The van der Waals surface area contributed by atoms with Crippen molar-refractivity contribution in [2.45, 2.75) is 19.1 Å². The van der Waals surface area contributed by atoms with Crippen molar-refractivity contribution < 1.29 is 9.84 Å². The van der Waals surface area contributed by atoms with Gasteiger partial charge in [-0.1, -0.05) is 0 Å². The van der Waals surface area contributed by atoms with Gasteiger partial charge in [0.05, 0.1) is 24.3 Å². The summed E-state index contributed by atoms with van der Waals surface area (Å²) in [6.07, 6.45) is 3.35. The molecule has 2 aromatic rings. The van der Waals surface area contributed by atoms with Crippen molar-refractivity contribution in [3.63, 3.8) is 0 Å². The van der Waals surface area contributed by atoms with Crippen LogP contribution in [0.2, 0.25) is 0 Å². The number of nitrogens with zero attached hydrogens (tertiary/aromatic N) is 3. The number of hydrogen-bond donors (Lipinski definition) is 2. The molecule has 0 aliphatic carbocycles. The standard InChI is InChI=1S/C12H16N4O2/c1-8-4-16(5-9(6-17)18-8)12-11-10(2-3-13-11)14-7-15-12/h2-3,7-9,13,17H,4-6H2,1H3/t8-,9-/m0/s1. The molecule has 2 atom stereocenters. The van der Waals surface area contributed by atoms with E-state index >= 15 is 0 Å². The number of aromatic amines is 1. The number of hydrogen-bond acceptors (Lipinski definition) is 5. The van der Waals surface area contributed by atoms with Crippen molar-refractivity contribution in [2.75, 3.05) is 24.6 Å². The molecular formula is C12H16N4O2. The Morgan fingerprint density at radius 2 is 2.39 bits per heavy atom. The Morgan fingerprint density at radius 1 is 1.50 bits per heavy atom. The van der Waals surface area contributed by atoms with Gasteiger partial charge in [-0.15, -0.1) is 0 Å². The van der Waals surface area contributed by atoms with Crippen molar-refractivity contribution in [3.8, 4) is 0 Å². The van der Waals surface area contributed by atoms with Gasteiger partial charge in [-0.05, 0) is 13.0 Å². The van der Waals surface area contributed by atoms with Crippen LogP contribution in [0.4, 0.5) is 5.82 Å². The molecule has 0 spiro atoms. The predicted molar refractivity (Wildman–Crippen MR) is 67.5 cm³/mol. The average Bonchev–Trinajstić information content (AvgIpc) is 2.85. The summed E-state index contributed by atoms with van der Waals surface area (Å²) in [7, 11) is 0. The Hall–Kier alpha value is -1.66. The first kappa shape index (κ1) is 11.4. The van der Waals surface area contributed by atoms with Gasteiger partial charge in [0.25, 0.3) is 0 Å². The minimum atomic E-state index is -0.159. The van der Waals surface area contributed by atoms with Crippen LogP contribution in [0, 0.1) is 0 Å². The molecule has 96 valence electrons. The van der Waals surface area contributed by atoms with Gasteiger partial charge in [0, 0.05) is 19.3 Å².